The highest BCUT2D eigenvalue weighted by atomic mass is 16.6. The summed E-state index contributed by atoms with van der Waals surface area (Å²) >= 11 is 0. The van der Waals surface area contributed by atoms with Crippen molar-refractivity contribution in [2.45, 2.75) is 348 Å². The number of hydrogen-bond donors (Lipinski definition) is 0. The van der Waals surface area contributed by atoms with Crippen LogP contribution in [0.15, 0.2) is 109 Å². The quantitative estimate of drug-likeness (QED) is 0.0261. The molecular formula is C77H132O6. The molecule has 0 saturated carbocycles. The Morgan fingerprint density at radius 3 is 0.747 bits per heavy atom. The summed E-state index contributed by atoms with van der Waals surface area (Å²) in [7, 11) is 0. The Balaban J connectivity index is 4.41. The fraction of sp³-hybridized carbons (Fsp3) is 0.727. The smallest absolute Gasteiger partial charge is 0.306 e. The maximum Gasteiger partial charge on any atom is 0.306 e. The molecule has 0 saturated heterocycles. The summed E-state index contributed by atoms with van der Waals surface area (Å²) in [5.41, 5.74) is 0. The molecule has 0 bridgehead atoms. The highest BCUT2D eigenvalue weighted by Gasteiger charge is 2.19. The van der Waals surface area contributed by atoms with Crippen LogP contribution in [0.25, 0.3) is 0 Å². The van der Waals surface area contributed by atoms with Crippen LogP contribution >= 0.6 is 0 Å². The molecule has 83 heavy (non-hydrogen) atoms. The van der Waals surface area contributed by atoms with Crippen molar-refractivity contribution in [3.63, 3.8) is 0 Å². The summed E-state index contributed by atoms with van der Waals surface area (Å²) < 4.78 is 17.0. The van der Waals surface area contributed by atoms with E-state index < -0.39 is 6.10 Å². The number of allylic oxidation sites excluding steroid dienone is 18. The first kappa shape index (κ1) is 79.1. The van der Waals surface area contributed by atoms with Crippen LogP contribution in [0, 0.1) is 0 Å². The topological polar surface area (TPSA) is 78.9 Å². The molecule has 0 aromatic heterocycles. The summed E-state index contributed by atoms with van der Waals surface area (Å²) in [6, 6.07) is 0. The highest BCUT2D eigenvalue weighted by molar-refractivity contribution is 5.71. The van der Waals surface area contributed by atoms with Crippen LogP contribution in [0.2, 0.25) is 0 Å². The van der Waals surface area contributed by atoms with E-state index in [-0.39, 0.29) is 31.1 Å². The number of hydrogen-bond acceptors (Lipinski definition) is 6. The van der Waals surface area contributed by atoms with Crippen LogP contribution in [0.3, 0.4) is 0 Å². The van der Waals surface area contributed by atoms with Crippen molar-refractivity contribution in [3.05, 3.63) is 109 Å². The molecule has 6 nitrogen and oxygen atoms in total. The van der Waals surface area contributed by atoms with Gasteiger partial charge < -0.3 is 14.2 Å². The van der Waals surface area contributed by atoms with Gasteiger partial charge >= 0.3 is 17.9 Å². The van der Waals surface area contributed by atoms with Crippen LogP contribution < -0.4 is 0 Å². The fourth-order valence-electron chi connectivity index (χ4n) is 9.99. The Labute approximate surface area is 514 Å². The molecule has 0 aliphatic carbocycles. The predicted octanol–water partition coefficient (Wildman–Crippen LogP) is 24.6. The Kier molecular flexibility index (Phi) is 67.2. The predicted molar refractivity (Wildman–Crippen MR) is 362 cm³/mol. The third-order valence-electron chi connectivity index (χ3n) is 15.3. The van der Waals surface area contributed by atoms with E-state index in [1.807, 2.05) is 0 Å². The third-order valence-corrected chi connectivity index (χ3v) is 15.3. The largest absolute Gasteiger partial charge is 0.462 e. The lowest BCUT2D eigenvalue weighted by Crippen LogP contribution is -2.30. The van der Waals surface area contributed by atoms with Crippen molar-refractivity contribution < 1.29 is 28.6 Å². The highest BCUT2D eigenvalue weighted by Crippen LogP contribution is 2.17. The van der Waals surface area contributed by atoms with E-state index >= 15 is 0 Å². The van der Waals surface area contributed by atoms with Gasteiger partial charge in [-0.05, 0) is 109 Å². The van der Waals surface area contributed by atoms with Gasteiger partial charge in [0.15, 0.2) is 6.10 Å². The van der Waals surface area contributed by atoms with Crippen LogP contribution in [0.5, 0.6) is 0 Å². The van der Waals surface area contributed by atoms with Gasteiger partial charge in [0.1, 0.15) is 13.2 Å². The molecule has 476 valence electrons. The standard InChI is InChI=1S/C77H132O6/c1-4-7-10-13-16-19-22-25-28-31-34-36-37-38-39-40-41-42-44-46-49-52-55-58-61-64-67-70-76(79)82-73-74(72-81-75(78)69-66-63-60-57-54-51-48-45-33-30-27-24-21-18-15-12-9-6-3)83-77(80)71-68-65-62-59-56-53-50-47-43-35-32-29-26-23-20-17-14-11-8-5-2/h7,10,16,19,21,24-25,28,30,33-34,36,38-39,41-42,46,49,74H,4-6,8-9,11-15,17-18,20,22-23,26-27,29,31-32,35,37,40,43-45,47-48,50-73H2,1-3H3/b10-7-,19-16-,24-21-,28-25-,33-30-,36-34-,39-38-,42-41-,49-46-. The third kappa shape index (κ3) is 68.7. The van der Waals surface area contributed by atoms with E-state index in [2.05, 4.69) is 130 Å². The minimum Gasteiger partial charge on any atom is -0.462 e. The maximum atomic E-state index is 13.0. The van der Waals surface area contributed by atoms with Crippen molar-refractivity contribution in [3.8, 4) is 0 Å². The zero-order chi connectivity index (χ0) is 59.9. The molecule has 0 N–H and O–H groups in total. The van der Waals surface area contributed by atoms with E-state index in [0.29, 0.717) is 19.3 Å². The van der Waals surface area contributed by atoms with E-state index in [0.717, 1.165) is 135 Å². The van der Waals surface area contributed by atoms with Crippen LogP contribution in [-0.4, -0.2) is 37.2 Å². The van der Waals surface area contributed by atoms with Crippen molar-refractivity contribution in [2.24, 2.45) is 0 Å². The number of unbranched alkanes of at least 4 members (excludes halogenated alkanes) is 35. The second kappa shape index (κ2) is 70.6. The molecule has 0 rings (SSSR count). The van der Waals surface area contributed by atoms with Gasteiger partial charge in [-0.3, -0.25) is 14.4 Å². The number of ether oxygens (including phenoxy) is 3. The van der Waals surface area contributed by atoms with Gasteiger partial charge in [-0.25, -0.2) is 0 Å². The average Bonchev–Trinajstić information content (AvgIpc) is 3.49. The summed E-state index contributed by atoms with van der Waals surface area (Å²) in [6.07, 6.45) is 96.7. The van der Waals surface area contributed by atoms with E-state index in [4.69, 9.17) is 14.2 Å². The first-order valence-electron chi connectivity index (χ1n) is 35.4. The van der Waals surface area contributed by atoms with Crippen molar-refractivity contribution in [1.29, 1.82) is 0 Å². The normalized spacial score (nSPS) is 12.8. The molecule has 0 spiro atoms. The van der Waals surface area contributed by atoms with Crippen LogP contribution in [0.1, 0.15) is 342 Å². The number of rotatable bonds is 64. The van der Waals surface area contributed by atoms with Gasteiger partial charge in [0.25, 0.3) is 0 Å². The second-order valence-electron chi connectivity index (χ2n) is 23.4. The fourth-order valence-corrected chi connectivity index (χ4v) is 9.99. The van der Waals surface area contributed by atoms with E-state index in [1.54, 1.807) is 0 Å². The minimum atomic E-state index is -0.792. The molecule has 1 atom stereocenters. The minimum absolute atomic E-state index is 0.0866. The average molecular weight is 1150 g/mol. The number of carbonyl (C=O) groups excluding carboxylic acids is 3. The van der Waals surface area contributed by atoms with Crippen molar-refractivity contribution >= 4 is 17.9 Å². The van der Waals surface area contributed by atoms with Crippen LogP contribution in [0.4, 0.5) is 0 Å². The molecular weight excluding hydrogens is 1020 g/mol. The molecule has 0 heterocycles. The zero-order valence-electron chi connectivity index (χ0n) is 54.7. The molecule has 0 fully saturated rings. The first-order chi connectivity index (χ1) is 41.0. The summed E-state index contributed by atoms with van der Waals surface area (Å²) in [6.45, 7) is 6.53. The molecule has 0 aliphatic heterocycles. The molecule has 0 amide bonds. The molecule has 0 radical (unpaired) electrons. The molecule has 6 heteroatoms. The van der Waals surface area contributed by atoms with Gasteiger partial charge in [-0.15, -0.1) is 0 Å². The monoisotopic (exact) mass is 1150 g/mol. The Hall–Kier alpha value is -3.93. The Bertz CT molecular complexity index is 1660. The van der Waals surface area contributed by atoms with Crippen LogP contribution in [-0.2, 0) is 28.6 Å². The number of esters is 3. The molecule has 0 aromatic carbocycles. The summed E-state index contributed by atoms with van der Waals surface area (Å²) in [4.78, 5) is 38.5. The van der Waals surface area contributed by atoms with E-state index in [1.165, 1.54) is 167 Å². The maximum absolute atomic E-state index is 13.0. The van der Waals surface area contributed by atoms with Gasteiger partial charge in [-0.2, -0.15) is 0 Å². The Morgan fingerprint density at radius 1 is 0.253 bits per heavy atom. The molecule has 1 unspecified atom stereocenters. The van der Waals surface area contributed by atoms with Gasteiger partial charge in [-0.1, -0.05) is 323 Å². The Morgan fingerprint density at radius 2 is 0.470 bits per heavy atom. The van der Waals surface area contributed by atoms with Gasteiger partial charge in [0.05, 0.1) is 0 Å². The first-order valence-corrected chi connectivity index (χ1v) is 35.4. The lowest BCUT2D eigenvalue weighted by Gasteiger charge is -2.18. The molecule has 0 aliphatic rings. The lowest BCUT2D eigenvalue weighted by atomic mass is 10.0. The van der Waals surface area contributed by atoms with Crippen molar-refractivity contribution in [2.75, 3.05) is 13.2 Å². The number of carbonyl (C=O) groups is 3. The second-order valence-corrected chi connectivity index (χ2v) is 23.4. The van der Waals surface area contributed by atoms with E-state index in [9.17, 15) is 14.4 Å². The molecule has 0 aromatic rings. The SMILES string of the molecule is CC/C=C\C/C=C\C/C=C\C/C=C\C/C=C\C/C=C\C/C=C\CCCCCCCC(=O)OCC(COC(=O)CCCCCCCCC/C=C\C/C=C\CCCCCC)OC(=O)CCCCCCCCCCCCCCCCCCCCCC. The lowest BCUT2D eigenvalue weighted by molar-refractivity contribution is -0.167. The zero-order valence-corrected chi connectivity index (χ0v) is 54.7. The van der Waals surface area contributed by atoms with Crippen molar-refractivity contribution in [1.82, 2.24) is 0 Å². The summed E-state index contributed by atoms with van der Waals surface area (Å²) in [5.74, 6) is -0.897. The summed E-state index contributed by atoms with van der Waals surface area (Å²) in [5, 5.41) is 0. The van der Waals surface area contributed by atoms with Gasteiger partial charge in [0.2, 0.25) is 0 Å². The van der Waals surface area contributed by atoms with Gasteiger partial charge in [0, 0.05) is 19.3 Å².